The second kappa shape index (κ2) is 3.41. The third-order valence-corrected chi connectivity index (χ3v) is 0.759. The Labute approximate surface area is 55.2 Å². The average molecular weight is 127 g/mol. The fourth-order valence-electron chi connectivity index (χ4n) is 0.381. The molecule has 9 heavy (non-hydrogen) atoms. The second-order valence-electron chi connectivity index (χ2n) is 2.14. The number of hydrogen-bond acceptors (Lipinski definition) is 2. The van der Waals surface area contributed by atoms with E-state index in [-0.39, 0.29) is 5.78 Å². The van der Waals surface area contributed by atoms with Gasteiger partial charge in [-0.05, 0) is 26.8 Å². The van der Waals surface area contributed by atoms with Crippen LogP contribution in [0.25, 0.3) is 0 Å². The van der Waals surface area contributed by atoms with E-state index in [1.807, 2.05) is 0 Å². The van der Waals surface area contributed by atoms with Crippen molar-refractivity contribution in [1.29, 1.82) is 0 Å². The van der Waals surface area contributed by atoms with E-state index in [0.29, 0.717) is 0 Å². The molecule has 0 aliphatic heterocycles. The summed E-state index contributed by atoms with van der Waals surface area (Å²) < 4.78 is 0. The van der Waals surface area contributed by atoms with Gasteiger partial charge in [0.05, 0.1) is 0 Å². The van der Waals surface area contributed by atoms with Crippen molar-refractivity contribution < 1.29 is 9.90 Å². The maximum atomic E-state index is 10.6. The largest absolute Gasteiger partial charge is 0.385 e. The third-order valence-electron chi connectivity index (χ3n) is 0.759. The van der Waals surface area contributed by atoms with E-state index in [1.54, 1.807) is 13.8 Å². The van der Waals surface area contributed by atoms with Gasteiger partial charge in [0.1, 0.15) is 6.10 Å². The summed E-state index contributed by atoms with van der Waals surface area (Å²) in [6, 6.07) is 0. The van der Waals surface area contributed by atoms with Crippen molar-refractivity contribution in [3.63, 3.8) is 0 Å². The van der Waals surface area contributed by atoms with Crippen molar-refractivity contribution in [3.05, 3.63) is 18.6 Å². The zero-order valence-corrected chi connectivity index (χ0v) is 5.72. The Morgan fingerprint density at radius 3 is 2.22 bits per heavy atom. The van der Waals surface area contributed by atoms with Crippen LogP contribution >= 0.6 is 0 Å². The Hall–Kier alpha value is -0.630. The maximum Gasteiger partial charge on any atom is 0.184 e. The summed E-state index contributed by atoms with van der Waals surface area (Å²) in [7, 11) is 0. The van der Waals surface area contributed by atoms with Crippen LogP contribution in [0, 0.1) is 6.92 Å². The van der Waals surface area contributed by atoms with Crippen LogP contribution in [0.4, 0.5) is 0 Å². The normalized spacial score (nSPS) is 12.4. The van der Waals surface area contributed by atoms with Crippen molar-refractivity contribution in [3.8, 4) is 0 Å². The molecule has 0 aromatic heterocycles. The van der Waals surface area contributed by atoms with Gasteiger partial charge in [0.15, 0.2) is 5.78 Å². The number of hydrogen-bond donors (Lipinski definition) is 1. The van der Waals surface area contributed by atoms with Crippen LogP contribution in [0.1, 0.15) is 13.8 Å². The predicted molar refractivity (Wildman–Crippen MR) is 35.8 cm³/mol. The Bertz CT molecular complexity index is 130. The van der Waals surface area contributed by atoms with E-state index in [2.05, 4.69) is 6.92 Å². The minimum atomic E-state index is -1.11. The molecular formula is C7H11O2. The van der Waals surface area contributed by atoms with Gasteiger partial charge in [-0.15, -0.1) is 0 Å². The van der Waals surface area contributed by atoms with E-state index < -0.39 is 6.10 Å². The van der Waals surface area contributed by atoms with Crippen molar-refractivity contribution in [2.45, 2.75) is 20.0 Å². The smallest absolute Gasteiger partial charge is 0.184 e. The Morgan fingerprint density at radius 1 is 1.67 bits per heavy atom. The standard InChI is InChI=1S/C7H11O2/c1-5(2)4-7(9)6(3)8/h4,6,8H,3H2,1-2H3. The molecule has 1 radical (unpaired) electrons. The van der Waals surface area contributed by atoms with Crippen LogP contribution in [-0.4, -0.2) is 17.0 Å². The first-order chi connectivity index (χ1) is 4.04. The summed E-state index contributed by atoms with van der Waals surface area (Å²) in [6.45, 7) is 6.74. The second-order valence-corrected chi connectivity index (χ2v) is 2.14. The Kier molecular flexibility index (Phi) is 3.17. The molecule has 2 heteroatoms. The average Bonchev–Trinajstić information content (AvgIpc) is 1.63. The SMILES string of the molecule is [CH2]C(O)C(=O)C=C(C)C. The van der Waals surface area contributed by atoms with Crippen molar-refractivity contribution in [2.24, 2.45) is 0 Å². The molecule has 0 aromatic rings. The lowest BCUT2D eigenvalue weighted by atomic mass is 10.2. The molecule has 0 saturated heterocycles. The highest BCUT2D eigenvalue weighted by Crippen LogP contribution is 1.92. The van der Waals surface area contributed by atoms with E-state index in [0.717, 1.165) is 5.57 Å². The maximum absolute atomic E-state index is 10.6. The molecule has 0 aromatic carbocycles. The quantitative estimate of drug-likeness (QED) is 0.555. The summed E-state index contributed by atoms with van der Waals surface area (Å²) in [6.07, 6.45) is 0.261. The highest BCUT2D eigenvalue weighted by molar-refractivity contribution is 5.94. The first kappa shape index (κ1) is 8.37. The molecule has 51 valence electrons. The minimum Gasteiger partial charge on any atom is -0.385 e. The molecule has 0 fully saturated rings. The highest BCUT2D eigenvalue weighted by Gasteiger charge is 2.03. The van der Waals surface area contributed by atoms with Crippen LogP contribution in [-0.2, 0) is 4.79 Å². The number of rotatable bonds is 2. The van der Waals surface area contributed by atoms with Gasteiger partial charge in [-0.25, -0.2) is 0 Å². The van der Waals surface area contributed by atoms with Crippen molar-refractivity contribution >= 4 is 5.78 Å². The van der Waals surface area contributed by atoms with Gasteiger partial charge in [-0.2, -0.15) is 0 Å². The third kappa shape index (κ3) is 3.91. The lowest BCUT2D eigenvalue weighted by Crippen LogP contribution is -2.13. The van der Waals surface area contributed by atoms with E-state index >= 15 is 0 Å². The van der Waals surface area contributed by atoms with Gasteiger partial charge >= 0.3 is 0 Å². The minimum absolute atomic E-state index is 0.338. The molecule has 1 unspecified atom stereocenters. The predicted octanol–water partition coefficient (Wildman–Crippen LogP) is 0.717. The summed E-state index contributed by atoms with van der Waals surface area (Å²) >= 11 is 0. The van der Waals surface area contributed by atoms with E-state index in [1.165, 1.54) is 6.08 Å². The summed E-state index contributed by atoms with van der Waals surface area (Å²) in [4.78, 5) is 10.6. The number of carbonyl (C=O) groups is 1. The fourth-order valence-corrected chi connectivity index (χ4v) is 0.381. The molecule has 0 saturated carbocycles. The molecule has 0 aliphatic rings. The highest BCUT2D eigenvalue weighted by atomic mass is 16.3. The van der Waals surface area contributed by atoms with Gasteiger partial charge < -0.3 is 5.11 Å². The number of ketones is 1. The molecule has 0 heterocycles. The molecule has 1 N–H and O–H groups in total. The van der Waals surface area contributed by atoms with Gasteiger partial charge in [0.25, 0.3) is 0 Å². The number of aliphatic hydroxyl groups is 1. The molecule has 0 aliphatic carbocycles. The molecule has 0 bridgehead atoms. The molecule has 0 rings (SSSR count). The van der Waals surface area contributed by atoms with Crippen LogP contribution in [0.5, 0.6) is 0 Å². The van der Waals surface area contributed by atoms with Crippen LogP contribution < -0.4 is 0 Å². The Morgan fingerprint density at radius 2 is 2.11 bits per heavy atom. The van der Waals surface area contributed by atoms with Crippen LogP contribution in [0.2, 0.25) is 0 Å². The first-order valence-corrected chi connectivity index (χ1v) is 2.74. The topological polar surface area (TPSA) is 37.3 Å². The molecule has 0 amide bonds. The zero-order chi connectivity index (χ0) is 7.44. The summed E-state index contributed by atoms with van der Waals surface area (Å²) in [5, 5.41) is 8.56. The lowest BCUT2D eigenvalue weighted by molar-refractivity contribution is -0.120. The van der Waals surface area contributed by atoms with E-state index in [9.17, 15) is 4.79 Å². The number of aliphatic hydroxyl groups excluding tert-OH is 1. The zero-order valence-electron chi connectivity index (χ0n) is 5.72. The molecule has 2 nitrogen and oxygen atoms in total. The molecular weight excluding hydrogens is 116 g/mol. The van der Waals surface area contributed by atoms with Crippen LogP contribution in [0.15, 0.2) is 11.6 Å². The van der Waals surface area contributed by atoms with Gasteiger partial charge in [-0.1, -0.05) is 5.57 Å². The molecule has 1 atom stereocenters. The lowest BCUT2D eigenvalue weighted by Gasteiger charge is -1.95. The fraction of sp³-hybridized carbons (Fsp3) is 0.429. The number of carbonyl (C=O) groups excluding carboxylic acids is 1. The van der Waals surface area contributed by atoms with Gasteiger partial charge in [-0.3, -0.25) is 4.79 Å². The van der Waals surface area contributed by atoms with E-state index in [4.69, 9.17) is 5.11 Å². The summed E-state index contributed by atoms with van der Waals surface area (Å²) in [5.74, 6) is -0.338. The Balaban J connectivity index is 3.93. The van der Waals surface area contributed by atoms with Crippen molar-refractivity contribution in [2.75, 3.05) is 0 Å². The van der Waals surface area contributed by atoms with Gasteiger partial charge in [0.2, 0.25) is 0 Å². The van der Waals surface area contributed by atoms with Crippen molar-refractivity contribution in [1.82, 2.24) is 0 Å². The summed E-state index contributed by atoms with van der Waals surface area (Å²) in [5.41, 5.74) is 0.878. The van der Waals surface area contributed by atoms with Gasteiger partial charge in [0, 0.05) is 0 Å². The number of allylic oxidation sites excluding steroid dienone is 1. The monoisotopic (exact) mass is 127 g/mol. The molecule has 0 spiro atoms. The van der Waals surface area contributed by atoms with Crippen LogP contribution in [0.3, 0.4) is 0 Å². The first-order valence-electron chi connectivity index (χ1n) is 2.74.